The molecular formula is C15H14BrN3O3S. The molecule has 0 fully saturated rings. The number of rotatable bonds is 4. The van der Waals surface area contributed by atoms with Crippen LogP contribution in [0.3, 0.4) is 0 Å². The Bertz CT molecular complexity index is 740. The van der Waals surface area contributed by atoms with Gasteiger partial charge in [0.1, 0.15) is 5.75 Å². The summed E-state index contributed by atoms with van der Waals surface area (Å²) < 4.78 is 6.07. The molecule has 3 N–H and O–H groups in total. The van der Waals surface area contributed by atoms with E-state index in [1.807, 2.05) is 6.92 Å². The number of aromatic hydroxyl groups is 1. The number of pyridine rings is 1. The van der Waals surface area contributed by atoms with Gasteiger partial charge in [-0.1, -0.05) is 0 Å². The Morgan fingerprint density at radius 3 is 2.87 bits per heavy atom. The van der Waals surface area contributed by atoms with Crippen molar-refractivity contribution < 1.29 is 14.6 Å². The maximum atomic E-state index is 12.2. The number of halogens is 1. The SMILES string of the molecule is CCOc1ccc(C(=O)NC(=S)Nc2ncccc2O)cc1Br. The van der Waals surface area contributed by atoms with Crippen molar-refractivity contribution in [3.8, 4) is 11.5 Å². The summed E-state index contributed by atoms with van der Waals surface area (Å²) in [5.41, 5.74) is 0.412. The molecule has 1 amide bonds. The standard InChI is InChI=1S/C15H14BrN3O3S/c1-2-22-12-6-5-9(8-10(12)16)14(21)19-15(23)18-13-11(20)4-3-7-17-13/h3-8,20H,2H2,1H3,(H2,17,18,19,21,23). The summed E-state index contributed by atoms with van der Waals surface area (Å²) in [5, 5.41) is 14.8. The van der Waals surface area contributed by atoms with Crippen LogP contribution >= 0.6 is 28.1 Å². The van der Waals surface area contributed by atoms with Crippen molar-refractivity contribution >= 4 is 45.0 Å². The average molecular weight is 396 g/mol. The van der Waals surface area contributed by atoms with E-state index in [1.165, 1.54) is 12.3 Å². The molecule has 1 aromatic heterocycles. The van der Waals surface area contributed by atoms with E-state index in [0.29, 0.717) is 22.4 Å². The largest absolute Gasteiger partial charge is 0.504 e. The van der Waals surface area contributed by atoms with Crippen molar-refractivity contribution in [2.45, 2.75) is 6.92 Å². The van der Waals surface area contributed by atoms with Gasteiger partial charge < -0.3 is 15.2 Å². The molecule has 0 saturated carbocycles. The third kappa shape index (κ3) is 4.64. The van der Waals surface area contributed by atoms with Crippen molar-refractivity contribution in [1.29, 1.82) is 0 Å². The lowest BCUT2D eigenvalue weighted by molar-refractivity contribution is 0.0977. The highest BCUT2D eigenvalue weighted by atomic mass is 79.9. The highest BCUT2D eigenvalue weighted by Gasteiger charge is 2.12. The van der Waals surface area contributed by atoms with Crippen LogP contribution in [0, 0.1) is 0 Å². The number of anilines is 1. The molecule has 0 spiro atoms. The molecule has 0 bridgehead atoms. The van der Waals surface area contributed by atoms with Crippen molar-refractivity contribution in [2.24, 2.45) is 0 Å². The van der Waals surface area contributed by atoms with Crippen LogP contribution in [-0.2, 0) is 0 Å². The first kappa shape index (κ1) is 17.2. The maximum absolute atomic E-state index is 12.2. The number of benzene rings is 1. The summed E-state index contributed by atoms with van der Waals surface area (Å²) >= 11 is 8.39. The van der Waals surface area contributed by atoms with Crippen LogP contribution in [0.1, 0.15) is 17.3 Å². The zero-order valence-electron chi connectivity index (χ0n) is 12.2. The Morgan fingerprint density at radius 1 is 1.43 bits per heavy atom. The molecule has 0 aliphatic rings. The molecule has 120 valence electrons. The summed E-state index contributed by atoms with van der Waals surface area (Å²) in [7, 11) is 0. The summed E-state index contributed by atoms with van der Waals surface area (Å²) in [5.74, 6) is 0.378. The summed E-state index contributed by atoms with van der Waals surface area (Å²) in [6, 6.07) is 8.01. The quantitative estimate of drug-likeness (QED) is 0.689. The van der Waals surface area contributed by atoms with Gasteiger partial charge in [-0.15, -0.1) is 0 Å². The van der Waals surface area contributed by atoms with E-state index in [1.54, 1.807) is 24.3 Å². The minimum absolute atomic E-state index is 0.0361. The Labute approximate surface area is 147 Å². The lowest BCUT2D eigenvalue weighted by Crippen LogP contribution is -2.34. The van der Waals surface area contributed by atoms with E-state index in [2.05, 4.69) is 31.5 Å². The van der Waals surface area contributed by atoms with Gasteiger partial charge in [0, 0.05) is 11.8 Å². The summed E-state index contributed by atoms with van der Waals surface area (Å²) in [6.07, 6.45) is 1.50. The third-order valence-corrected chi connectivity index (χ3v) is 3.56. The second-order valence-corrected chi connectivity index (χ2v) is 5.62. The molecule has 0 radical (unpaired) electrons. The number of thiocarbonyl (C=S) groups is 1. The van der Waals surface area contributed by atoms with Gasteiger partial charge in [-0.3, -0.25) is 10.1 Å². The lowest BCUT2D eigenvalue weighted by atomic mass is 10.2. The number of amides is 1. The number of carbonyl (C=O) groups is 1. The van der Waals surface area contributed by atoms with Gasteiger partial charge >= 0.3 is 0 Å². The van der Waals surface area contributed by atoms with Gasteiger partial charge in [-0.2, -0.15) is 0 Å². The Hall–Kier alpha value is -2.19. The van der Waals surface area contributed by atoms with E-state index in [4.69, 9.17) is 17.0 Å². The first-order valence-electron chi connectivity index (χ1n) is 6.70. The second-order valence-electron chi connectivity index (χ2n) is 4.36. The van der Waals surface area contributed by atoms with Gasteiger partial charge in [-0.05, 0) is 65.4 Å². The molecule has 23 heavy (non-hydrogen) atoms. The summed E-state index contributed by atoms with van der Waals surface area (Å²) in [4.78, 5) is 16.1. The number of hydrogen-bond acceptors (Lipinski definition) is 5. The molecule has 0 atom stereocenters. The van der Waals surface area contributed by atoms with Gasteiger partial charge in [0.15, 0.2) is 16.7 Å². The van der Waals surface area contributed by atoms with E-state index < -0.39 is 0 Å². The zero-order chi connectivity index (χ0) is 16.8. The van der Waals surface area contributed by atoms with Crippen molar-refractivity contribution in [3.63, 3.8) is 0 Å². The van der Waals surface area contributed by atoms with Crippen LogP contribution in [0.5, 0.6) is 11.5 Å². The van der Waals surface area contributed by atoms with Crippen LogP contribution in [0.25, 0.3) is 0 Å². The average Bonchev–Trinajstić information content (AvgIpc) is 2.51. The monoisotopic (exact) mass is 395 g/mol. The molecule has 1 heterocycles. The molecule has 8 heteroatoms. The number of hydrogen-bond donors (Lipinski definition) is 3. The second kappa shape index (κ2) is 7.89. The van der Waals surface area contributed by atoms with Crippen LogP contribution in [-0.4, -0.2) is 27.7 Å². The first-order chi connectivity index (χ1) is 11.0. The molecule has 0 saturated heterocycles. The highest BCUT2D eigenvalue weighted by molar-refractivity contribution is 9.10. The van der Waals surface area contributed by atoms with Crippen molar-refractivity contribution in [2.75, 3.05) is 11.9 Å². The minimum Gasteiger partial charge on any atom is -0.504 e. The van der Waals surface area contributed by atoms with E-state index >= 15 is 0 Å². The summed E-state index contributed by atoms with van der Waals surface area (Å²) in [6.45, 7) is 2.41. The molecule has 1 aromatic carbocycles. The Balaban J connectivity index is 2.02. The molecule has 2 rings (SSSR count). The molecular weight excluding hydrogens is 382 g/mol. The highest BCUT2D eigenvalue weighted by Crippen LogP contribution is 2.26. The fourth-order valence-electron chi connectivity index (χ4n) is 1.72. The topological polar surface area (TPSA) is 83.5 Å². The van der Waals surface area contributed by atoms with Crippen LogP contribution in [0.4, 0.5) is 5.82 Å². The predicted octanol–water partition coefficient (Wildman–Crippen LogP) is 3.08. The fourth-order valence-corrected chi connectivity index (χ4v) is 2.40. The lowest BCUT2D eigenvalue weighted by Gasteiger charge is -2.11. The predicted molar refractivity (Wildman–Crippen MR) is 94.9 cm³/mol. The molecule has 0 unspecified atom stereocenters. The zero-order valence-corrected chi connectivity index (χ0v) is 14.6. The van der Waals surface area contributed by atoms with E-state index in [-0.39, 0.29) is 22.6 Å². The molecule has 2 aromatic rings. The number of ether oxygens (including phenoxy) is 1. The molecule has 0 aliphatic heterocycles. The third-order valence-electron chi connectivity index (χ3n) is 2.74. The van der Waals surface area contributed by atoms with Crippen LogP contribution in [0.15, 0.2) is 41.0 Å². The van der Waals surface area contributed by atoms with Crippen molar-refractivity contribution in [3.05, 3.63) is 46.6 Å². The van der Waals surface area contributed by atoms with Gasteiger partial charge in [0.25, 0.3) is 5.91 Å². The minimum atomic E-state index is -0.387. The van der Waals surface area contributed by atoms with E-state index in [9.17, 15) is 9.90 Å². The van der Waals surface area contributed by atoms with Crippen molar-refractivity contribution in [1.82, 2.24) is 10.3 Å². The normalized spacial score (nSPS) is 10.0. The number of aromatic nitrogens is 1. The maximum Gasteiger partial charge on any atom is 0.257 e. The molecule has 0 aliphatic carbocycles. The van der Waals surface area contributed by atoms with E-state index in [0.717, 1.165) is 0 Å². The Kier molecular flexibility index (Phi) is 5.89. The number of nitrogens with one attached hydrogen (secondary N) is 2. The smallest absolute Gasteiger partial charge is 0.257 e. The van der Waals surface area contributed by atoms with Crippen LogP contribution in [0.2, 0.25) is 0 Å². The Morgan fingerprint density at radius 2 is 2.22 bits per heavy atom. The number of nitrogens with zero attached hydrogens (tertiary/aromatic N) is 1. The van der Waals surface area contributed by atoms with Gasteiger partial charge in [0.05, 0.1) is 11.1 Å². The van der Waals surface area contributed by atoms with Gasteiger partial charge in [0.2, 0.25) is 0 Å². The van der Waals surface area contributed by atoms with Gasteiger partial charge in [-0.25, -0.2) is 4.98 Å². The fraction of sp³-hybridized carbons (Fsp3) is 0.133. The first-order valence-corrected chi connectivity index (χ1v) is 7.90. The number of carbonyl (C=O) groups excluding carboxylic acids is 1. The molecule has 6 nitrogen and oxygen atoms in total. The van der Waals surface area contributed by atoms with Crippen LogP contribution < -0.4 is 15.4 Å².